The minimum absolute atomic E-state index is 0.0564. The van der Waals surface area contributed by atoms with Gasteiger partial charge in [-0.05, 0) is 6.92 Å². The summed E-state index contributed by atoms with van der Waals surface area (Å²) in [7, 11) is 0. The summed E-state index contributed by atoms with van der Waals surface area (Å²) in [6.45, 7) is -0.0418. The predicted molar refractivity (Wildman–Crippen MR) is 94.2 cm³/mol. The van der Waals surface area contributed by atoms with E-state index in [0.29, 0.717) is 0 Å². The molecule has 30 heavy (non-hydrogen) atoms. The number of hydrogen-bond donors (Lipinski definition) is 3. The number of carbonyl (C=O) groups is 4. The van der Waals surface area contributed by atoms with Gasteiger partial charge in [0, 0.05) is 0 Å². The summed E-state index contributed by atoms with van der Waals surface area (Å²) < 4.78 is 30.9. The van der Waals surface area contributed by atoms with E-state index in [4.69, 9.17) is 28.4 Å². The number of ketones is 1. The SMILES string of the molecule is CC(=O)C1OCCOCCOC(C(=O)O)C(C(=O)O)OCCOCCOC1C(=O)O. The topological polar surface area (TPSA) is 184 Å². The van der Waals surface area contributed by atoms with Crippen LogP contribution in [0.15, 0.2) is 0 Å². The zero-order chi connectivity index (χ0) is 22.5. The van der Waals surface area contributed by atoms with Gasteiger partial charge in [0.25, 0.3) is 0 Å². The van der Waals surface area contributed by atoms with Crippen LogP contribution in [-0.2, 0) is 47.6 Å². The molecule has 1 aliphatic heterocycles. The largest absolute Gasteiger partial charge is 0.479 e. The standard InChI is InChI=1S/C17H26O13/c1-10(18)11-12(15(19)20)28-7-3-26-5-9-30-14(17(23)24)13(16(21)22)29-8-4-25-2-6-27-11/h11-14H,2-9H2,1H3,(H,19,20)(H,21,22)(H,23,24). The summed E-state index contributed by atoms with van der Waals surface area (Å²) in [6, 6.07) is 0. The van der Waals surface area contributed by atoms with Gasteiger partial charge < -0.3 is 43.7 Å². The van der Waals surface area contributed by atoms with Crippen LogP contribution in [0.1, 0.15) is 6.92 Å². The van der Waals surface area contributed by atoms with Crippen LogP contribution >= 0.6 is 0 Å². The number of carboxylic acid groups (broad SMARTS) is 3. The minimum Gasteiger partial charge on any atom is -0.479 e. The van der Waals surface area contributed by atoms with Gasteiger partial charge in [-0.3, -0.25) is 4.79 Å². The number of rotatable bonds is 4. The van der Waals surface area contributed by atoms with E-state index < -0.39 is 48.1 Å². The molecule has 0 aromatic rings. The fraction of sp³-hybridized carbons (Fsp3) is 0.765. The molecule has 4 unspecified atom stereocenters. The van der Waals surface area contributed by atoms with E-state index >= 15 is 0 Å². The summed E-state index contributed by atoms with van der Waals surface area (Å²) in [5, 5.41) is 27.7. The van der Waals surface area contributed by atoms with Crippen LogP contribution in [0.2, 0.25) is 0 Å². The lowest BCUT2D eigenvalue weighted by Gasteiger charge is -2.23. The number of ether oxygens (including phenoxy) is 6. The first kappa shape index (κ1) is 25.9. The maximum atomic E-state index is 11.7. The zero-order valence-corrected chi connectivity index (χ0v) is 16.4. The maximum absolute atomic E-state index is 11.7. The quantitative estimate of drug-likeness (QED) is 0.457. The normalized spacial score (nSPS) is 28.6. The van der Waals surface area contributed by atoms with Crippen LogP contribution in [0.3, 0.4) is 0 Å². The third kappa shape index (κ3) is 9.11. The second-order valence-corrected chi connectivity index (χ2v) is 6.02. The van der Waals surface area contributed by atoms with Gasteiger partial charge in [0.05, 0.1) is 52.9 Å². The molecule has 0 bridgehead atoms. The van der Waals surface area contributed by atoms with E-state index in [9.17, 15) is 34.5 Å². The highest BCUT2D eigenvalue weighted by molar-refractivity contribution is 5.88. The number of carboxylic acids is 3. The monoisotopic (exact) mass is 438 g/mol. The smallest absolute Gasteiger partial charge is 0.336 e. The van der Waals surface area contributed by atoms with Crippen molar-refractivity contribution < 1.29 is 62.9 Å². The first-order chi connectivity index (χ1) is 14.3. The van der Waals surface area contributed by atoms with Gasteiger partial charge in [-0.15, -0.1) is 0 Å². The number of aliphatic carboxylic acids is 3. The van der Waals surface area contributed by atoms with E-state index in [1.165, 1.54) is 6.92 Å². The molecule has 3 N–H and O–H groups in total. The molecule has 0 aromatic heterocycles. The van der Waals surface area contributed by atoms with Gasteiger partial charge in [-0.1, -0.05) is 0 Å². The van der Waals surface area contributed by atoms with E-state index in [-0.39, 0.29) is 52.9 Å². The highest BCUT2D eigenvalue weighted by Crippen LogP contribution is 2.09. The van der Waals surface area contributed by atoms with Gasteiger partial charge in [-0.25, -0.2) is 14.4 Å². The lowest BCUT2D eigenvalue weighted by molar-refractivity contribution is -0.180. The van der Waals surface area contributed by atoms with Crippen molar-refractivity contribution in [2.45, 2.75) is 31.3 Å². The molecule has 13 heteroatoms. The molecule has 0 radical (unpaired) electrons. The second kappa shape index (κ2) is 14.0. The van der Waals surface area contributed by atoms with Crippen LogP contribution in [0.25, 0.3) is 0 Å². The van der Waals surface area contributed by atoms with E-state index in [0.717, 1.165) is 0 Å². The molecule has 0 aliphatic carbocycles. The Hall–Kier alpha value is -2.16. The van der Waals surface area contributed by atoms with Crippen molar-refractivity contribution in [2.75, 3.05) is 52.9 Å². The molecule has 0 spiro atoms. The first-order valence-corrected chi connectivity index (χ1v) is 9.06. The Morgan fingerprint density at radius 2 is 0.800 bits per heavy atom. The van der Waals surface area contributed by atoms with Crippen LogP contribution in [0.4, 0.5) is 0 Å². The Morgan fingerprint density at radius 1 is 0.533 bits per heavy atom. The third-order valence-corrected chi connectivity index (χ3v) is 3.78. The van der Waals surface area contributed by atoms with Crippen molar-refractivity contribution in [3.05, 3.63) is 0 Å². The summed E-state index contributed by atoms with van der Waals surface area (Å²) in [5.41, 5.74) is 0. The zero-order valence-electron chi connectivity index (χ0n) is 16.4. The fourth-order valence-electron chi connectivity index (χ4n) is 2.42. The van der Waals surface area contributed by atoms with Gasteiger partial charge in [-0.2, -0.15) is 0 Å². The summed E-state index contributed by atoms with van der Waals surface area (Å²) in [6.07, 6.45) is -6.42. The van der Waals surface area contributed by atoms with Crippen molar-refractivity contribution in [1.29, 1.82) is 0 Å². The lowest BCUT2D eigenvalue weighted by Crippen LogP contribution is -2.45. The molecule has 4 atom stereocenters. The molecule has 172 valence electrons. The predicted octanol–water partition coefficient (Wildman–Crippen LogP) is -1.58. The Kier molecular flexibility index (Phi) is 12.0. The Balaban J connectivity index is 2.77. The van der Waals surface area contributed by atoms with Gasteiger partial charge >= 0.3 is 17.9 Å². The van der Waals surface area contributed by atoms with Crippen LogP contribution < -0.4 is 0 Å². The molecular formula is C17H26O13. The van der Waals surface area contributed by atoms with Crippen LogP contribution in [0.5, 0.6) is 0 Å². The molecule has 1 heterocycles. The molecule has 1 saturated heterocycles. The maximum Gasteiger partial charge on any atom is 0.336 e. The summed E-state index contributed by atoms with van der Waals surface area (Å²) in [5.74, 6) is -4.96. The lowest BCUT2D eigenvalue weighted by atomic mass is 10.1. The van der Waals surface area contributed by atoms with Crippen LogP contribution in [-0.4, -0.2) is 116 Å². The average molecular weight is 438 g/mol. The number of carbonyl (C=O) groups excluding carboxylic acids is 1. The number of Topliss-reactive ketones (excluding diaryl/α,β-unsaturated/α-hetero) is 1. The fourth-order valence-corrected chi connectivity index (χ4v) is 2.42. The highest BCUT2D eigenvalue weighted by atomic mass is 16.6. The van der Waals surface area contributed by atoms with Gasteiger partial charge in [0.15, 0.2) is 30.2 Å². The van der Waals surface area contributed by atoms with Crippen LogP contribution in [0, 0.1) is 0 Å². The Morgan fingerprint density at radius 3 is 1.07 bits per heavy atom. The van der Waals surface area contributed by atoms with Crippen molar-refractivity contribution in [3.63, 3.8) is 0 Å². The third-order valence-electron chi connectivity index (χ3n) is 3.78. The summed E-state index contributed by atoms with van der Waals surface area (Å²) in [4.78, 5) is 45.8. The molecule has 0 aromatic carbocycles. The minimum atomic E-state index is -1.77. The van der Waals surface area contributed by atoms with Crippen molar-refractivity contribution in [1.82, 2.24) is 0 Å². The van der Waals surface area contributed by atoms with E-state index in [1.54, 1.807) is 0 Å². The highest BCUT2D eigenvalue weighted by Gasteiger charge is 2.36. The van der Waals surface area contributed by atoms with Crippen molar-refractivity contribution >= 4 is 23.7 Å². The molecule has 13 nitrogen and oxygen atoms in total. The van der Waals surface area contributed by atoms with E-state index in [2.05, 4.69) is 0 Å². The van der Waals surface area contributed by atoms with E-state index in [1.807, 2.05) is 0 Å². The molecule has 0 saturated carbocycles. The molecule has 1 fully saturated rings. The van der Waals surface area contributed by atoms with Gasteiger partial charge in [0.1, 0.15) is 0 Å². The summed E-state index contributed by atoms with van der Waals surface area (Å²) >= 11 is 0. The average Bonchev–Trinajstić information content (AvgIpc) is 2.66. The van der Waals surface area contributed by atoms with Gasteiger partial charge in [0.2, 0.25) is 0 Å². The van der Waals surface area contributed by atoms with Crippen molar-refractivity contribution in [2.24, 2.45) is 0 Å². The molecule has 0 amide bonds. The van der Waals surface area contributed by atoms with Crippen molar-refractivity contribution in [3.8, 4) is 0 Å². The number of hydrogen-bond acceptors (Lipinski definition) is 10. The molecule has 1 rings (SSSR count). The second-order valence-electron chi connectivity index (χ2n) is 6.02. The molecule has 1 aliphatic rings. The Labute approximate surface area is 171 Å². The Bertz CT molecular complexity index is 480. The molecular weight excluding hydrogens is 412 g/mol. The first-order valence-electron chi connectivity index (χ1n) is 9.06.